The summed E-state index contributed by atoms with van der Waals surface area (Å²) in [5.74, 6) is 1.38. The first-order chi connectivity index (χ1) is 9.69. The molecule has 2 aromatic rings. The second-order valence-electron chi connectivity index (χ2n) is 5.16. The lowest BCUT2D eigenvalue weighted by molar-refractivity contribution is 0.101. The molecular weight excluding hydrogens is 270 g/mol. The molecule has 3 rings (SSSR count). The summed E-state index contributed by atoms with van der Waals surface area (Å²) in [6.45, 7) is 3.60. The maximum absolute atomic E-state index is 11.8. The molecule has 0 spiro atoms. The van der Waals surface area contributed by atoms with E-state index in [2.05, 4.69) is 15.0 Å². The fourth-order valence-electron chi connectivity index (χ4n) is 2.26. The average molecular weight is 287 g/mol. The molecule has 0 radical (unpaired) electrons. The molecule has 0 atom stereocenters. The van der Waals surface area contributed by atoms with E-state index in [9.17, 15) is 4.79 Å². The van der Waals surface area contributed by atoms with Crippen LogP contribution in [0.5, 0.6) is 0 Å². The molecule has 0 saturated heterocycles. The normalized spacial score (nSPS) is 15.1. The molecule has 104 valence electrons. The van der Waals surface area contributed by atoms with Crippen LogP contribution in [0.3, 0.4) is 0 Å². The highest BCUT2D eigenvalue weighted by Gasteiger charge is 2.26. The molecule has 1 saturated carbocycles. The van der Waals surface area contributed by atoms with Crippen molar-refractivity contribution in [1.29, 1.82) is 0 Å². The van der Waals surface area contributed by atoms with Crippen molar-refractivity contribution in [2.45, 2.75) is 45.4 Å². The third-order valence-electron chi connectivity index (χ3n) is 3.72. The molecular formula is C15H17N3OS. The summed E-state index contributed by atoms with van der Waals surface area (Å²) in [7, 11) is 0. The average Bonchev–Trinajstić information content (AvgIpc) is 2.82. The molecule has 0 N–H and O–H groups in total. The lowest BCUT2D eigenvalue weighted by Crippen LogP contribution is -2.08. The summed E-state index contributed by atoms with van der Waals surface area (Å²) in [5, 5.41) is 1.09. The van der Waals surface area contributed by atoms with Gasteiger partial charge < -0.3 is 0 Å². The van der Waals surface area contributed by atoms with Crippen molar-refractivity contribution in [1.82, 2.24) is 15.0 Å². The number of Topliss-reactive ketones (excluding diaryl/α,β-unsaturated/α-hetero) is 1. The van der Waals surface area contributed by atoms with Crippen LogP contribution >= 0.6 is 11.3 Å². The van der Waals surface area contributed by atoms with E-state index < -0.39 is 0 Å². The molecule has 0 aromatic carbocycles. The topological polar surface area (TPSA) is 55.7 Å². The standard InChI is InChI=1S/C15H17N3OS/c1-3-12-16-7-11(8-17-12)14-13(9(2)19)18-15(20-14)10-5-4-6-10/h7-8,10H,3-6H2,1-2H3. The van der Waals surface area contributed by atoms with E-state index in [0.717, 1.165) is 27.7 Å². The van der Waals surface area contributed by atoms with Gasteiger partial charge in [-0.25, -0.2) is 15.0 Å². The molecule has 0 bridgehead atoms. The molecule has 0 amide bonds. The zero-order valence-electron chi connectivity index (χ0n) is 11.7. The van der Waals surface area contributed by atoms with Gasteiger partial charge >= 0.3 is 0 Å². The van der Waals surface area contributed by atoms with Crippen LogP contribution in [0.4, 0.5) is 0 Å². The van der Waals surface area contributed by atoms with E-state index in [4.69, 9.17) is 0 Å². The number of rotatable bonds is 4. The van der Waals surface area contributed by atoms with Crippen LogP contribution in [0.1, 0.15) is 60.3 Å². The minimum Gasteiger partial charge on any atom is -0.293 e. The smallest absolute Gasteiger partial charge is 0.179 e. The van der Waals surface area contributed by atoms with Gasteiger partial charge in [-0.1, -0.05) is 13.3 Å². The highest BCUT2D eigenvalue weighted by molar-refractivity contribution is 7.15. The fourth-order valence-corrected chi connectivity index (χ4v) is 3.51. The number of carbonyl (C=O) groups is 1. The molecule has 0 aliphatic heterocycles. The van der Waals surface area contributed by atoms with Crippen LogP contribution in [0.2, 0.25) is 0 Å². The molecule has 1 aliphatic carbocycles. The van der Waals surface area contributed by atoms with Gasteiger partial charge in [0.05, 0.1) is 9.88 Å². The van der Waals surface area contributed by atoms with Crippen molar-refractivity contribution >= 4 is 17.1 Å². The number of ketones is 1. The lowest BCUT2D eigenvalue weighted by atomic mass is 9.86. The Morgan fingerprint density at radius 3 is 2.55 bits per heavy atom. The van der Waals surface area contributed by atoms with Gasteiger partial charge in [-0.2, -0.15) is 0 Å². The van der Waals surface area contributed by atoms with Crippen LogP contribution in [-0.2, 0) is 6.42 Å². The Hall–Kier alpha value is -1.62. The van der Waals surface area contributed by atoms with Crippen LogP contribution in [-0.4, -0.2) is 20.7 Å². The van der Waals surface area contributed by atoms with Crippen molar-refractivity contribution in [2.24, 2.45) is 0 Å². The quantitative estimate of drug-likeness (QED) is 0.806. The van der Waals surface area contributed by atoms with Crippen molar-refractivity contribution in [2.75, 3.05) is 0 Å². The molecule has 2 aromatic heterocycles. The lowest BCUT2D eigenvalue weighted by Gasteiger charge is -2.22. The molecule has 2 heterocycles. The Labute approximate surface area is 122 Å². The minimum atomic E-state index is 0.0152. The van der Waals surface area contributed by atoms with E-state index in [1.165, 1.54) is 19.3 Å². The zero-order chi connectivity index (χ0) is 14.1. The van der Waals surface area contributed by atoms with Gasteiger partial charge in [0.25, 0.3) is 0 Å². The van der Waals surface area contributed by atoms with Crippen molar-refractivity contribution in [3.8, 4) is 10.4 Å². The monoisotopic (exact) mass is 287 g/mol. The molecule has 1 fully saturated rings. The van der Waals surface area contributed by atoms with E-state index in [1.54, 1.807) is 30.7 Å². The number of thiazole rings is 1. The summed E-state index contributed by atoms with van der Waals surface area (Å²) in [5.41, 5.74) is 1.47. The minimum absolute atomic E-state index is 0.0152. The first kappa shape index (κ1) is 13.4. The van der Waals surface area contributed by atoms with E-state index in [1.807, 2.05) is 6.92 Å². The van der Waals surface area contributed by atoms with E-state index >= 15 is 0 Å². The highest BCUT2D eigenvalue weighted by atomic mass is 32.1. The second kappa shape index (κ2) is 5.40. The zero-order valence-corrected chi connectivity index (χ0v) is 12.5. The summed E-state index contributed by atoms with van der Waals surface area (Å²) in [4.78, 5) is 25.9. The third kappa shape index (κ3) is 2.38. The van der Waals surface area contributed by atoms with E-state index in [-0.39, 0.29) is 5.78 Å². The number of aryl methyl sites for hydroxylation is 1. The molecule has 1 aliphatic rings. The van der Waals surface area contributed by atoms with E-state index in [0.29, 0.717) is 11.6 Å². The van der Waals surface area contributed by atoms with Gasteiger partial charge in [-0.15, -0.1) is 11.3 Å². The van der Waals surface area contributed by atoms with Gasteiger partial charge in [0.15, 0.2) is 5.78 Å². The van der Waals surface area contributed by atoms with Crippen molar-refractivity contribution < 1.29 is 4.79 Å². The Morgan fingerprint density at radius 1 is 1.35 bits per heavy atom. The van der Waals surface area contributed by atoms with Gasteiger partial charge in [-0.05, 0) is 12.8 Å². The van der Waals surface area contributed by atoms with Crippen LogP contribution in [0.15, 0.2) is 12.4 Å². The van der Waals surface area contributed by atoms with Gasteiger partial charge in [-0.3, -0.25) is 4.79 Å². The highest BCUT2D eigenvalue weighted by Crippen LogP contribution is 2.41. The molecule has 5 heteroatoms. The molecule has 4 nitrogen and oxygen atoms in total. The Bertz CT molecular complexity index is 629. The Kier molecular flexibility index (Phi) is 3.61. The van der Waals surface area contributed by atoms with Gasteiger partial charge in [0, 0.05) is 37.2 Å². The first-order valence-electron chi connectivity index (χ1n) is 7.02. The second-order valence-corrected chi connectivity index (χ2v) is 6.19. The fraction of sp³-hybridized carbons (Fsp3) is 0.467. The molecule has 20 heavy (non-hydrogen) atoms. The summed E-state index contributed by atoms with van der Waals surface area (Å²) >= 11 is 1.63. The Morgan fingerprint density at radius 2 is 2.05 bits per heavy atom. The predicted molar refractivity (Wildman–Crippen MR) is 79.1 cm³/mol. The third-order valence-corrected chi connectivity index (χ3v) is 4.98. The summed E-state index contributed by atoms with van der Waals surface area (Å²) in [6.07, 6.45) is 8.07. The van der Waals surface area contributed by atoms with Crippen LogP contribution in [0.25, 0.3) is 10.4 Å². The predicted octanol–water partition coefficient (Wildman–Crippen LogP) is 3.63. The van der Waals surface area contributed by atoms with Crippen LogP contribution < -0.4 is 0 Å². The SMILES string of the molecule is CCc1ncc(-c2sc(C3CCC3)nc2C(C)=O)cn1. The summed E-state index contributed by atoms with van der Waals surface area (Å²) < 4.78 is 0. The molecule has 0 unspecified atom stereocenters. The Balaban J connectivity index is 2.01. The largest absolute Gasteiger partial charge is 0.293 e. The van der Waals surface area contributed by atoms with Crippen molar-refractivity contribution in [3.63, 3.8) is 0 Å². The number of aromatic nitrogens is 3. The maximum Gasteiger partial charge on any atom is 0.179 e. The van der Waals surface area contributed by atoms with Gasteiger partial charge in [0.1, 0.15) is 11.5 Å². The van der Waals surface area contributed by atoms with Crippen LogP contribution in [0, 0.1) is 0 Å². The number of nitrogens with zero attached hydrogens (tertiary/aromatic N) is 3. The first-order valence-corrected chi connectivity index (χ1v) is 7.83. The number of carbonyl (C=O) groups excluding carboxylic acids is 1. The summed E-state index contributed by atoms with van der Waals surface area (Å²) in [6, 6.07) is 0. The van der Waals surface area contributed by atoms with Crippen molar-refractivity contribution in [3.05, 3.63) is 28.9 Å². The van der Waals surface area contributed by atoms with Gasteiger partial charge in [0.2, 0.25) is 0 Å². The number of hydrogen-bond acceptors (Lipinski definition) is 5. The maximum atomic E-state index is 11.8. The number of hydrogen-bond donors (Lipinski definition) is 0.